The average Bonchev–Trinajstić information content (AvgIpc) is 3.18. The molecule has 0 fully saturated rings. The second-order valence-corrected chi connectivity index (χ2v) is 14.5. The highest BCUT2D eigenvalue weighted by atomic mass is 19.4. The molecule has 6 aromatic rings. The number of halogens is 6. The molecule has 12 heteroatoms. The highest BCUT2D eigenvalue weighted by molar-refractivity contribution is 6.09. The molecular formula is C45H42F6O6. The van der Waals surface area contributed by atoms with E-state index in [9.17, 15) is 36.6 Å². The van der Waals surface area contributed by atoms with Gasteiger partial charge in [0.25, 0.3) is 0 Å². The zero-order valence-corrected chi connectivity index (χ0v) is 31.7. The van der Waals surface area contributed by atoms with Crippen LogP contribution in [0, 0.1) is 0 Å². The summed E-state index contributed by atoms with van der Waals surface area (Å²) < 4.78 is 112. The van der Waals surface area contributed by atoms with E-state index in [0.717, 1.165) is 69.1 Å². The number of benzene rings is 6. The maximum atomic E-state index is 14.8. The van der Waals surface area contributed by atoms with Gasteiger partial charge in [0.2, 0.25) is 5.41 Å². The highest BCUT2D eigenvalue weighted by Gasteiger charge is 2.72. The van der Waals surface area contributed by atoms with E-state index >= 15 is 0 Å². The first kappa shape index (κ1) is 41.2. The van der Waals surface area contributed by atoms with Gasteiger partial charge < -0.3 is 29.2 Å². The standard InChI is InChI=1S/C45H42F6O6/c1-5-41(2,52)26-55-33-20-16-31(17-21-33)43(44(46,47)48,45(49,50)51)32-18-22-34(23-19-32)56-27-42(3,53)28-57-38-25-15-30-11-7-9-13-36(30)40(38)39-35-12-8-6-10-29(35)14-24-37(39)54-4/h6-25,52-53H,5,26-28H2,1-4H3. The van der Waals surface area contributed by atoms with Crippen LogP contribution in [0.25, 0.3) is 32.7 Å². The predicted molar refractivity (Wildman–Crippen MR) is 207 cm³/mol. The summed E-state index contributed by atoms with van der Waals surface area (Å²) in [4.78, 5) is 0. The lowest BCUT2D eigenvalue weighted by atomic mass is 9.73. The Balaban J connectivity index is 1.24. The average molecular weight is 793 g/mol. The molecule has 0 bridgehead atoms. The smallest absolute Gasteiger partial charge is 0.411 e. The third-order valence-corrected chi connectivity index (χ3v) is 10.1. The lowest BCUT2D eigenvalue weighted by Crippen LogP contribution is -2.54. The lowest BCUT2D eigenvalue weighted by Gasteiger charge is -2.38. The number of hydrogen-bond donors (Lipinski definition) is 2. The maximum Gasteiger partial charge on any atom is 0.411 e. The Hall–Kier alpha value is -5.46. The molecule has 6 aromatic carbocycles. The minimum absolute atomic E-state index is 0.00405. The first-order chi connectivity index (χ1) is 26.9. The van der Waals surface area contributed by atoms with E-state index in [4.69, 9.17) is 18.9 Å². The molecule has 6 nitrogen and oxygen atoms in total. The Kier molecular flexibility index (Phi) is 11.4. The van der Waals surface area contributed by atoms with Crippen LogP contribution in [0.1, 0.15) is 38.3 Å². The van der Waals surface area contributed by atoms with Crippen LogP contribution in [0.5, 0.6) is 23.0 Å². The minimum atomic E-state index is -5.80. The van der Waals surface area contributed by atoms with Gasteiger partial charge in [-0.05, 0) is 89.3 Å². The van der Waals surface area contributed by atoms with Crippen molar-refractivity contribution in [1.29, 1.82) is 0 Å². The van der Waals surface area contributed by atoms with E-state index in [0.29, 0.717) is 30.1 Å². The third kappa shape index (κ3) is 8.33. The number of hydrogen-bond acceptors (Lipinski definition) is 6. The van der Waals surface area contributed by atoms with Gasteiger partial charge in [-0.15, -0.1) is 0 Å². The van der Waals surface area contributed by atoms with Crippen molar-refractivity contribution < 1.29 is 55.5 Å². The molecule has 2 atom stereocenters. The van der Waals surface area contributed by atoms with Crippen LogP contribution in [-0.4, -0.2) is 60.7 Å². The van der Waals surface area contributed by atoms with Crippen molar-refractivity contribution in [3.05, 3.63) is 132 Å². The summed E-state index contributed by atoms with van der Waals surface area (Å²) in [5.41, 5.74) is -7.93. The van der Waals surface area contributed by atoms with Gasteiger partial charge >= 0.3 is 12.4 Å². The number of aliphatic hydroxyl groups is 2. The van der Waals surface area contributed by atoms with E-state index in [1.54, 1.807) is 20.1 Å². The number of methoxy groups -OCH3 is 1. The quantitative estimate of drug-likeness (QED) is 0.107. The predicted octanol–water partition coefficient (Wildman–Crippen LogP) is 10.8. The molecule has 0 heterocycles. The van der Waals surface area contributed by atoms with Crippen LogP contribution in [0.15, 0.2) is 121 Å². The SMILES string of the molecule is CCC(C)(O)COc1ccc(C(c2ccc(OCC(C)(O)COc3ccc4ccccc4c3-c3c(OC)ccc4ccccc34)cc2)(C(F)(F)F)C(F)(F)F)cc1. The van der Waals surface area contributed by atoms with Crippen molar-refractivity contribution in [2.24, 2.45) is 0 Å². The lowest BCUT2D eigenvalue weighted by molar-refractivity contribution is -0.288. The Morgan fingerprint density at radius 2 is 0.895 bits per heavy atom. The number of fused-ring (bicyclic) bond motifs is 2. The molecular weight excluding hydrogens is 750 g/mol. The zero-order valence-electron chi connectivity index (χ0n) is 31.7. The molecule has 0 aliphatic carbocycles. The fourth-order valence-electron chi connectivity index (χ4n) is 6.75. The minimum Gasteiger partial charge on any atom is -0.496 e. The number of alkyl halides is 6. The molecule has 0 aliphatic heterocycles. The van der Waals surface area contributed by atoms with Gasteiger partial charge in [-0.25, -0.2) is 0 Å². The Morgan fingerprint density at radius 3 is 1.33 bits per heavy atom. The van der Waals surface area contributed by atoms with Crippen molar-refractivity contribution in [2.45, 2.75) is 56.2 Å². The van der Waals surface area contributed by atoms with E-state index in [1.165, 1.54) is 13.8 Å². The molecule has 0 saturated heterocycles. The molecule has 300 valence electrons. The molecule has 2 unspecified atom stereocenters. The molecule has 57 heavy (non-hydrogen) atoms. The second-order valence-electron chi connectivity index (χ2n) is 14.5. The van der Waals surface area contributed by atoms with Gasteiger partial charge in [0.1, 0.15) is 48.4 Å². The van der Waals surface area contributed by atoms with Crippen molar-refractivity contribution >= 4 is 21.5 Å². The molecule has 6 rings (SSSR count). The van der Waals surface area contributed by atoms with Crippen LogP contribution >= 0.6 is 0 Å². The summed E-state index contributed by atoms with van der Waals surface area (Å²) in [6.45, 7) is 3.73. The highest BCUT2D eigenvalue weighted by Crippen LogP contribution is 2.56. The van der Waals surface area contributed by atoms with Gasteiger partial charge in [0.05, 0.1) is 12.7 Å². The summed E-state index contributed by atoms with van der Waals surface area (Å²) in [5.74, 6) is 0.972. The summed E-state index contributed by atoms with van der Waals surface area (Å²) in [6.07, 6.45) is -11.3. The Morgan fingerprint density at radius 1 is 0.491 bits per heavy atom. The number of ether oxygens (including phenoxy) is 4. The van der Waals surface area contributed by atoms with Crippen LogP contribution < -0.4 is 18.9 Å². The molecule has 0 saturated carbocycles. The van der Waals surface area contributed by atoms with Crippen molar-refractivity contribution in [3.8, 4) is 34.1 Å². The molecule has 0 aliphatic rings. The van der Waals surface area contributed by atoms with Gasteiger partial charge in [0, 0.05) is 11.1 Å². The molecule has 0 aromatic heterocycles. The summed E-state index contributed by atoms with van der Waals surface area (Å²) in [5, 5.41) is 25.2. The molecule has 0 amide bonds. The summed E-state index contributed by atoms with van der Waals surface area (Å²) >= 11 is 0. The van der Waals surface area contributed by atoms with E-state index in [1.807, 2.05) is 66.7 Å². The fourth-order valence-corrected chi connectivity index (χ4v) is 6.75. The zero-order chi connectivity index (χ0) is 41.2. The van der Waals surface area contributed by atoms with Crippen molar-refractivity contribution in [3.63, 3.8) is 0 Å². The topological polar surface area (TPSA) is 77.4 Å². The second kappa shape index (κ2) is 15.8. The first-order valence-electron chi connectivity index (χ1n) is 18.2. The number of rotatable bonds is 14. The third-order valence-electron chi connectivity index (χ3n) is 10.1. The van der Waals surface area contributed by atoms with Crippen molar-refractivity contribution in [1.82, 2.24) is 0 Å². The van der Waals surface area contributed by atoms with Crippen LogP contribution in [0.3, 0.4) is 0 Å². The van der Waals surface area contributed by atoms with E-state index in [2.05, 4.69) is 0 Å². The summed E-state index contributed by atoms with van der Waals surface area (Å²) in [7, 11) is 1.58. The van der Waals surface area contributed by atoms with Gasteiger partial charge in [-0.3, -0.25) is 0 Å². The summed E-state index contributed by atoms with van der Waals surface area (Å²) in [6, 6.07) is 30.0. The largest absolute Gasteiger partial charge is 0.496 e. The van der Waals surface area contributed by atoms with Crippen molar-refractivity contribution in [2.75, 3.05) is 26.9 Å². The monoisotopic (exact) mass is 792 g/mol. The molecule has 0 radical (unpaired) electrons. The van der Waals surface area contributed by atoms with Gasteiger partial charge in [-0.2, -0.15) is 26.3 Å². The van der Waals surface area contributed by atoms with E-state index < -0.39 is 46.7 Å². The Bertz CT molecular complexity index is 2300. The van der Waals surface area contributed by atoms with Crippen LogP contribution in [0.4, 0.5) is 26.3 Å². The first-order valence-corrected chi connectivity index (χ1v) is 18.2. The van der Waals surface area contributed by atoms with Crippen LogP contribution in [-0.2, 0) is 5.41 Å². The Labute approximate surface area is 326 Å². The van der Waals surface area contributed by atoms with Gasteiger partial charge in [0.15, 0.2) is 0 Å². The molecule has 0 spiro atoms. The van der Waals surface area contributed by atoms with Crippen LogP contribution in [0.2, 0.25) is 0 Å². The normalized spacial score (nSPS) is 14.5. The molecule has 2 N–H and O–H groups in total. The fraction of sp³-hybridized carbons (Fsp3) is 0.289. The maximum absolute atomic E-state index is 14.8. The van der Waals surface area contributed by atoms with Gasteiger partial charge in [-0.1, -0.05) is 91.9 Å². The van der Waals surface area contributed by atoms with E-state index in [-0.39, 0.29) is 24.7 Å².